The van der Waals surface area contributed by atoms with Gasteiger partial charge in [-0.05, 0) is 42.7 Å². The van der Waals surface area contributed by atoms with E-state index in [-0.39, 0.29) is 5.91 Å². The van der Waals surface area contributed by atoms with Crippen LogP contribution >= 0.6 is 34.4 Å². The van der Waals surface area contributed by atoms with Crippen molar-refractivity contribution < 1.29 is 4.79 Å². The minimum atomic E-state index is -0.149. The van der Waals surface area contributed by atoms with Crippen molar-refractivity contribution in [1.29, 1.82) is 0 Å². The van der Waals surface area contributed by atoms with E-state index in [0.29, 0.717) is 16.6 Å². The number of amides is 1. The van der Waals surface area contributed by atoms with Gasteiger partial charge in [-0.25, -0.2) is 4.98 Å². The number of nitrogens with zero attached hydrogens (tertiary/aromatic N) is 3. The molecule has 5 nitrogen and oxygen atoms in total. The number of thioether (sulfide) groups is 1. The van der Waals surface area contributed by atoms with E-state index in [1.54, 1.807) is 23.1 Å². The summed E-state index contributed by atoms with van der Waals surface area (Å²) >= 11 is 4.90. The fraction of sp³-hybridized carbons (Fsp3) is 0.200. The second-order valence-corrected chi connectivity index (χ2v) is 9.87. The van der Waals surface area contributed by atoms with Crippen molar-refractivity contribution in [1.82, 2.24) is 15.2 Å². The van der Waals surface area contributed by atoms with E-state index in [4.69, 9.17) is 0 Å². The Morgan fingerprint density at radius 3 is 2.68 bits per heavy atom. The fourth-order valence-electron chi connectivity index (χ4n) is 2.76. The van der Waals surface area contributed by atoms with Crippen molar-refractivity contribution in [2.45, 2.75) is 28.9 Å². The second-order valence-electron chi connectivity index (χ2n) is 6.61. The summed E-state index contributed by atoms with van der Waals surface area (Å²) < 4.78 is 2.27. The number of aromatic nitrogens is 3. The van der Waals surface area contributed by atoms with Gasteiger partial charge in [-0.3, -0.25) is 10.1 Å². The molecule has 28 heavy (non-hydrogen) atoms. The Kier molecular flexibility index (Phi) is 4.84. The molecular formula is C20H16N4OS3. The Morgan fingerprint density at radius 2 is 1.89 bits per heavy atom. The molecule has 140 valence electrons. The fourth-order valence-corrected chi connectivity index (χ4v) is 5.69. The molecule has 1 aliphatic carbocycles. The lowest BCUT2D eigenvalue weighted by molar-refractivity contribution is 0.102. The summed E-state index contributed by atoms with van der Waals surface area (Å²) in [5.74, 6) is 1.22. The van der Waals surface area contributed by atoms with Crippen molar-refractivity contribution >= 4 is 55.7 Å². The molecule has 2 aromatic carbocycles. The van der Waals surface area contributed by atoms with E-state index < -0.39 is 0 Å². The smallest absolute Gasteiger partial charge is 0.257 e. The van der Waals surface area contributed by atoms with E-state index >= 15 is 0 Å². The number of carbonyl (C=O) groups excluding carboxylic acids is 1. The molecule has 0 aliphatic heterocycles. The van der Waals surface area contributed by atoms with E-state index in [9.17, 15) is 4.79 Å². The highest BCUT2D eigenvalue weighted by Crippen LogP contribution is 2.42. The molecule has 1 N–H and O–H groups in total. The molecule has 2 aromatic heterocycles. The van der Waals surface area contributed by atoms with Gasteiger partial charge in [-0.1, -0.05) is 47.4 Å². The first-order valence-electron chi connectivity index (χ1n) is 8.97. The molecule has 0 atom stereocenters. The first kappa shape index (κ1) is 17.8. The zero-order chi connectivity index (χ0) is 18.9. The maximum Gasteiger partial charge on any atom is 0.257 e. The molecule has 5 rings (SSSR count). The first-order chi connectivity index (χ1) is 13.7. The third-order valence-electron chi connectivity index (χ3n) is 4.44. The lowest BCUT2D eigenvalue weighted by Gasteiger charge is -2.03. The molecule has 0 radical (unpaired) electrons. The molecule has 1 aliphatic rings. The third kappa shape index (κ3) is 3.94. The van der Waals surface area contributed by atoms with Crippen LogP contribution in [0.15, 0.2) is 52.9 Å². The van der Waals surface area contributed by atoms with Crippen molar-refractivity contribution in [3.63, 3.8) is 0 Å². The summed E-state index contributed by atoms with van der Waals surface area (Å²) in [7, 11) is 0. The molecule has 1 saturated carbocycles. The maximum atomic E-state index is 12.4. The molecule has 0 bridgehead atoms. The summed E-state index contributed by atoms with van der Waals surface area (Å²) in [5.41, 5.74) is 2.83. The van der Waals surface area contributed by atoms with Crippen molar-refractivity contribution in [2.24, 2.45) is 0 Å². The summed E-state index contributed by atoms with van der Waals surface area (Å²) in [5, 5.41) is 12.7. The van der Waals surface area contributed by atoms with E-state index in [1.165, 1.54) is 28.9 Å². The summed E-state index contributed by atoms with van der Waals surface area (Å²) in [6.45, 7) is 0. The van der Waals surface area contributed by atoms with E-state index in [2.05, 4.69) is 26.6 Å². The number of fused-ring (bicyclic) bond motifs is 1. The Morgan fingerprint density at radius 1 is 1.07 bits per heavy atom. The van der Waals surface area contributed by atoms with Crippen LogP contribution in [-0.2, 0) is 5.75 Å². The van der Waals surface area contributed by atoms with Crippen molar-refractivity contribution in [3.05, 3.63) is 64.7 Å². The molecule has 1 fully saturated rings. The van der Waals surface area contributed by atoms with Gasteiger partial charge >= 0.3 is 0 Å². The average Bonchev–Trinajstić information content (AvgIpc) is 3.32. The molecule has 2 heterocycles. The lowest BCUT2D eigenvalue weighted by atomic mass is 10.1. The van der Waals surface area contributed by atoms with Crippen LogP contribution in [-0.4, -0.2) is 21.1 Å². The minimum absolute atomic E-state index is 0.149. The van der Waals surface area contributed by atoms with Crippen LogP contribution in [0.25, 0.3) is 10.2 Å². The number of anilines is 1. The molecule has 8 heteroatoms. The highest BCUT2D eigenvalue weighted by molar-refractivity contribution is 8.00. The molecule has 0 saturated heterocycles. The van der Waals surface area contributed by atoms with Gasteiger partial charge in [0.1, 0.15) is 5.01 Å². The number of carbonyl (C=O) groups is 1. The number of benzene rings is 2. The molecule has 1 amide bonds. The van der Waals surface area contributed by atoms with Gasteiger partial charge in [-0.2, -0.15) is 0 Å². The number of hydrogen-bond acceptors (Lipinski definition) is 7. The summed E-state index contributed by atoms with van der Waals surface area (Å²) in [6.07, 6.45) is 2.36. The van der Waals surface area contributed by atoms with Gasteiger partial charge in [0, 0.05) is 17.2 Å². The summed E-state index contributed by atoms with van der Waals surface area (Å²) in [6, 6.07) is 15.9. The van der Waals surface area contributed by atoms with E-state index in [0.717, 1.165) is 26.2 Å². The van der Waals surface area contributed by atoms with Crippen LogP contribution in [0, 0.1) is 0 Å². The van der Waals surface area contributed by atoms with Gasteiger partial charge in [-0.15, -0.1) is 21.5 Å². The van der Waals surface area contributed by atoms with Crippen LogP contribution in [0.1, 0.15) is 39.7 Å². The van der Waals surface area contributed by atoms with E-state index in [1.807, 2.05) is 42.5 Å². The average molecular weight is 425 g/mol. The number of thiazole rings is 1. The number of nitrogens with one attached hydrogen (secondary N) is 1. The van der Waals surface area contributed by atoms with Gasteiger partial charge in [0.2, 0.25) is 5.13 Å². The van der Waals surface area contributed by atoms with Crippen LogP contribution in [0.5, 0.6) is 0 Å². The van der Waals surface area contributed by atoms with Crippen LogP contribution in [0.2, 0.25) is 0 Å². The van der Waals surface area contributed by atoms with Crippen LogP contribution < -0.4 is 5.32 Å². The minimum Gasteiger partial charge on any atom is -0.296 e. The quantitative estimate of drug-likeness (QED) is 0.410. The third-order valence-corrected chi connectivity index (χ3v) is 7.69. The zero-order valence-corrected chi connectivity index (χ0v) is 17.2. The Hall–Kier alpha value is -2.29. The molecule has 4 aromatic rings. The largest absolute Gasteiger partial charge is 0.296 e. The highest BCUT2D eigenvalue weighted by atomic mass is 32.2. The van der Waals surface area contributed by atoms with Crippen LogP contribution in [0.3, 0.4) is 0 Å². The molecular weight excluding hydrogens is 408 g/mol. The van der Waals surface area contributed by atoms with Crippen LogP contribution in [0.4, 0.5) is 5.13 Å². The SMILES string of the molecule is O=C(Nc1nnc(C2CC2)s1)c1ccc(CSc2nc3ccccc3s2)cc1. The first-order valence-corrected chi connectivity index (χ1v) is 11.6. The predicted molar refractivity (Wildman–Crippen MR) is 115 cm³/mol. The Bertz CT molecular complexity index is 1100. The monoisotopic (exact) mass is 424 g/mol. The number of para-hydroxylation sites is 1. The summed E-state index contributed by atoms with van der Waals surface area (Å²) in [4.78, 5) is 17.1. The maximum absolute atomic E-state index is 12.4. The number of rotatable bonds is 6. The number of hydrogen-bond donors (Lipinski definition) is 1. The topological polar surface area (TPSA) is 67.8 Å². The lowest BCUT2D eigenvalue weighted by Crippen LogP contribution is -2.11. The van der Waals surface area contributed by atoms with Gasteiger partial charge < -0.3 is 0 Å². The molecule has 0 unspecified atom stereocenters. The normalized spacial score (nSPS) is 13.7. The standard InChI is InChI=1S/C20H16N4OS3/c25-17(22-19-24-23-18(28-19)14-9-10-14)13-7-5-12(6-8-13)11-26-20-21-15-3-1-2-4-16(15)27-20/h1-8,14H,9-11H2,(H,22,24,25). The van der Waals surface area contributed by atoms with Gasteiger partial charge in [0.05, 0.1) is 10.2 Å². The second kappa shape index (κ2) is 7.62. The van der Waals surface area contributed by atoms with Gasteiger partial charge in [0.15, 0.2) is 4.34 Å². The Balaban J connectivity index is 1.20. The highest BCUT2D eigenvalue weighted by Gasteiger charge is 2.27. The Labute approximate surface area is 174 Å². The zero-order valence-electron chi connectivity index (χ0n) is 14.8. The molecule has 0 spiro atoms. The predicted octanol–water partition coefficient (Wildman–Crippen LogP) is 5.57. The van der Waals surface area contributed by atoms with Crippen molar-refractivity contribution in [3.8, 4) is 0 Å². The van der Waals surface area contributed by atoms with Gasteiger partial charge in [0.25, 0.3) is 5.91 Å². The van der Waals surface area contributed by atoms with Crippen molar-refractivity contribution in [2.75, 3.05) is 5.32 Å².